The van der Waals surface area contributed by atoms with Crippen LogP contribution in [0.3, 0.4) is 0 Å². The molecule has 0 amide bonds. The molecule has 0 saturated heterocycles. The fraction of sp³-hybridized carbons (Fsp3) is 0.538. The summed E-state index contributed by atoms with van der Waals surface area (Å²) in [5.41, 5.74) is 5.60. The topological polar surface area (TPSA) is 72.2 Å². The molecule has 1 aromatic carbocycles. The molecule has 1 fully saturated rings. The van der Waals surface area contributed by atoms with E-state index in [2.05, 4.69) is 4.72 Å². The third-order valence-corrected chi connectivity index (χ3v) is 5.12. The molecule has 2 atom stereocenters. The lowest BCUT2D eigenvalue weighted by Crippen LogP contribution is -2.33. The molecule has 0 aliphatic heterocycles. The van der Waals surface area contributed by atoms with Crippen LogP contribution in [-0.4, -0.2) is 14.5 Å². The van der Waals surface area contributed by atoms with Crippen molar-refractivity contribution in [2.45, 2.75) is 43.7 Å². The van der Waals surface area contributed by atoms with Gasteiger partial charge in [-0.1, -0.05) is 6.92 Å². The summed E-state index contributed by atoms with van der Waals surface area (Å²) in [4.78, 5) is -0.669. The summed E-state index contributed by atoms with van der Waals surface area (Å²) in [5, 5.41) is 0. The van der Waals surface area contributed by atoms with E-state index < -0.39 is 26.6 Å². The molecule has 1 aromatic rings. The van der Waals surface area contributed by atoms with E-state index in [4.69, 9.17) is 5.73 Å². The smallest absolute Gasteiger partial charge is 0.243 e. The first kappa shape index (κ1) is 15.3. The van der Waals surface area contributed by atoms with Gasteiger partial charge in [-0.2, -0.15) is 0 Å². The molecule has 1 aliphatic rings. The summed E-state index contributed by atoms with van der Waals surface area (Å²) in [7, 11) is -4.07. The van der Waals surface area contributed by atoms with Crippen LogP contribution >= 0.6 is 0 Å². The van der Waals surface area contributed by atoms with Crippen molar-refractivity contribution in [1.82, 2.24) is 4.72 Å². The van der Waals surface area contributed by atoms with Crippen molar-refractivity contribution in [2.24, 2.45) is 11.7 Å². The lowest BCUT2D eigenvalue weighted by atomic mass is 10.1. The van der Waals surface area contributed by atoms with E-state index in [1.54, 1.807) is 0 Å². The molecule has 4 nitrogen and oxygen atoms in total. The summed E-state index contributed by atoms with van der Waals surface area (Å²) >= 11 is 0. The maximum atomic E-state index is 13.7. The van der Waals surface area contributed by atoms with Gasteiger partial charge in [-0.05, 0) is 42.9 Å². The maximum Gasteiger partial charge on any atom is 0.243 e. The van der Waals surface area contributed by atoms with Gasteiger partial charge in [0.15, 0.2) is 11.6 Å². The second-order valence-electron chi connectivity index (χ2n) is 5.33. The van der Waals surface area contributed by atoms with E-state index in [1.807, 2.05) is 6.92 Å². The first-order valence-corrected chi connectivity index (χ1v) is 8.02. The second-order valence-corrected chi connectivity index (χ2v) is 7.01. The van der Waals surface area contributed by atoms with Crippen LogP contribution < -0.4 is 10.5 Å². The predicted octanol–water partition coefficient (Wildman–Crippen LogP) is 1.89. The minimum Gasteiger partial charge on any atom is -0.326 e. The van der Waals surface area contributed by atoms with Crippen molar-refractivity contribution >= 4 is 10.0 Å². The number of halogens is 2. The summed E-state index contributed by atoms with van der Waals surface area (Å²) in [6, 6.07) is 1.77. The molecule has 2 rings (SSSR count). The number of rotatable bonds is 4. The fourth-order valence-electron chi connectivity index (χ4n) is 2.53. The van der Waals surface area contributed by atoms with Gasteiger partial charge in [-0.25, -0.2) is 21.9 Å². The minimum absolute atomic E-state index is 0.0554. The van der Waals surface area contributed by atoms with Crippen LogP contribution in [0, 0.1) is 17.6 Å². The molecule has 1 saturated carbocycles. The molecule has 0 aromatic heterocycles. The van der Waals surface area contributed by atoms with Gasteiger partial charge in [0, 0.05) is 12.6 Å². The summed E-state index contributed by atoms with van der Waals surface area (Å²) in [5.74, 6) is -2.13. The van der Waals surface area contributed by atoms with Crippen molar-refractivity contribution in [3.05, 3.63) is 29.3 Å². The van der Waals surface area contributed by atoms with Crippen molar-refractivity contribution < 1.29 is 17.2 Å². The highest BCUT2D eigenvalue weighted by molar-refractivity contribution is 7.89. The Bertz CT molecular complexity index is 605. The van der Waals surface area contributed by atoms with Gasteiger partial charge in [0.2, 0.25) is 10.0 Å². The predicted molar refractivity (Wildman–Crippen MR) is 71.4 cm³/mol. The third kappa shape index (κ3) is 3.16. The zero-order chi connectivity index (χ0) is 14.9. The normalized spacial score (nSPS) is 23.2. The number of hydrogen-bond donors (Lipinski definition) is 2. The summed E-state index contributed by atoms with van der Waals surface area (Å²) < 4.78 is 53.9. The highest BCUT2D eigenvalue weighted by Crippen LogP contribution is 2.27. The SMILES string of the molecule is CC1CCC(NS(=O)(=O)c2cc(CN)cc(F)c2F)C1. The van der Waals surface area contributed by atoms with Crippen LogP contribution in [0.1, 0.15) is 31.7 Å². The summed E-state index contributed by atoms with van der Waals surface area (Å²) in [6.45, 7) is 1.98. The zero-order valence-corrected chi connectivity index (χ0v) is 12.0. The molecule has 0 spiro atoms. The molecule has 7 heteroatoms. The lowest BCUT2D eigenvalue weighted by molar-refractivity contribution is 0.478. The average Bonchev–Trinajstić information content (AvgIpc) is 2.76. The van der Waals surface area contributed by atoms with E-state index in [1.165, 1.54) is 0 Å². The molecule has 20 heavy (non-hydrogen) atoms. The van der Waals surface area contributed by atoms with E-state index in [-0.39, 0.29) is 18.2 Å². The van der Waals surface area contributed by atoms with E-state index >= 15 is 0 Å². The van der Waals surface area contributed by atoms with Crippen LogP contribution in [0.25, 0.3) is 0 Å². The zero-order valence-electron chi connectivity index (χ0n) is 11.2. The standard InChI is InChI=1S/C13H18F2N2O2S/c1-8-2-3-10(4-8)17-20(18,19)12-6-9(7-16)5-11(14)13(12)15/h5-6,8,10,17H,2-4,7,16H2,1H3. The summed E-state index contributed by atoms with van der Waals surface area (Å²) in [6.07, 6.45) is 2.34. The van der Waals surface area contributed by atoms with Gasteiger partial charge in [0.05, 0.1) is 0 Å². The first-order chi connectivity index (χ1) is 9.33. The third-order valence-electron chi connectivity index (χ3n) is 3.60. The molecule has 0 bridgehead atoms. The van der Waals surface area contributed by atoms with Crippen molar-refractivity contribution in [1.29, 1.82) is 0 Å². The largest absolute Gasteiger partial charge is 0.326 e. The van der Waals surface area contributed by atoms with Gasteiger partial charge in [0.1, 0.15) is 4.90 Å². The Kier molecular flexibility index (Phi) is 4.41. The van der Waals surface area contributed by atoms with Gasteiger partial charge in [-0.15, -0.1) is 0 Å². The van der Waals surface area contributed by atoms with Crippen LogP contribution in [0.2, 0.25) is 0 Å². The monoisotopic (exact) mass is 304 g/mol. The number of benzene rings is 1. The first-order valence-electron chi connectivity index (χ1n) is 6.54. The molecule has 0 heterocycles. The Morgan fingerprint density at radius 2 is 2.05 bits per heavy atom. The Morgan fingerprint density at radius 1 is 1.35 bits per heavy atom. The van der Waals surface area contributed by atoms with Crippen molar-refractivity contribution in [2.75, 3.05) is 0 Å². The molecule has 112 valence electrons. The van der Waals surface area contributed by atoms with E-state index in [0.717, 1.165) is 18.6 Å². The fourth-order valence-corrected chi connectivity index (χ4v) is 3.95. The Labute approximate surface area is 117 Å². The van der Waals surface area contributed by atoms with Crippen molar-refractivity contribution in [3.8, 4) is 0 Å². The van der Waals surface area contributed by atoms with E-state index in [9.17, 15) is 17.2 Å². The molecule has 0 radical (unpaired) electrons. The van der Waals surface area contributed by atoms with Crippen LogP contribution in [0.4, 0.5) is 8.78 Å². The molecular formula is C13H18F2N2O2S. The Hall–Kier alpha value is -1.05. The minimum atomic E-state index is -4.07. The second kappa shape index (κ2) is 5.75. The number of nitrogens with two attached hydrogens (primary N) is 1. The highest BCUT2D eigenvalue weighted by atomic mass is 32.2. The maximum absolute atomic E-state index is 13.7. The average molecular weight is 304 g/mol. The van der Waals surface area contributed by atoms with E-state index in [0.29, 0.717) is 18.8 Å². The van der Waals surface area contributed by atoms with Gasteiger partial charge in [0.25, 0.3) is 0 Å². The van der Waals surface area contributed by atoms with Gasteiger partial charge in [-0.3, -0.25) is 0 Å². The molecule has 1 aliphatic carbocycles. The highest BCUT2D eigenvalue weighted by Gasteiger charge is 2.29. The molecule has 3 N–H and O–H groups in total. The number of sulfonamides is 1. The molecule has 2 unspecified atom stereocenters. The quantitative estimate of drug-likeness (QED) is 0.892. The van der Waals surface area contributed by atoms with Gasteiger partial charge >= 0.3 is 0 Å². The van der Waals surface area contributed by atoms with Gasteiger partial charge < -0.3 is 5.73 Å². The van der Waals surface area contributed by atoms with Crippen molar-refractivity contribution in [3.63, 3.8) is 0 Å². The number of hydrogen-bond acceptors (Lipinski definition) is 3. The van der Waals surface area contributed by atoms with Crippen LogP contribution in [0.5, 0.6) is 0 Å². The number of nitrogens with one attached hydrogen (secondary N) is 1. The Balaban J connectivity index is 2.31. The molecular weight excluding hydrogens is 286 g/mol. The Morgan fingerprint density at radius 3 is 2.60 bits per heavy atom. The van der Waals surface area contributed by atoms with Crippen LogP contribution in [-0.2, 0) is 16.6 Å². The van der Waals surface area contributed by atoms with Crippen LogP contribution in [0.15, 0.2) is 17.0 Å². The lowest BCUT2D eigenvalue weighted by Gasteiger charge is -2.14.